The Bertz CT molecular complexity index is 415. The summed E-state index contributed by atoms with van der Waals surface area (Å²) in [4.78, 5) is 0. The van der Waals surface area contributed by atoms with Crippen molar-refractivity contribution in [3.8, 4) is 11.1 Å². The molecule has 0 bridgehead atoms. The molecule has 0 fully saturated rings. The molecule has 2 nitrogen and oxygen atoms in total. The van der Waals surface area contributed by atoms with Crippen LogP contribution < -0.4 is 11.5 Å². The Kier molecular flexibility index (Phi) is 5.72. The molecule has 2 aromatic rings. The van der Waals surface area contributed by atoms with Gasteiger partial charge in [0.25, 0.3) is 0 Å². The molecule has 0 spiro atoms. The predicted octanol–water partition coefficient (Wildman–Crippen LogP) is 3.36. The number of para-hydroxylation sites is 2. The molecule has 0 radical (unpaired) electrons. The summed E-state index contributed by atoms with van der Waals surface area (Å²) in [6.45, 7) is 0. The first-order chi connectivity index (χ1) is 6.79. The molecule has 0 aromatic heterocycles. The van der Waals surface area contributed by atoms with Crippen LogP contribution in [0.5, 0.6) is 0 Å². The zero-order valence-corrected chi connectivity index (χ0v) is 10.2. The van der Waals surface area contributed by atoms with Gasteiger partial charge in [0.15, 0.2) is 0 Å². The molecule has 2 aromatic carbocycles. The standard InChI is InChI=1S/C12H12N2.2ClH/c13-11-7-3-1-5-9(11)10-6-2-4-8-12(10)14;;/h1-8H,13-14H2;2*1H. The second-order valence-corrected chi connectivity index (χ2v) is 3.17. The van der Waals surface area contributed by atoms with Gasteiger partial charge in [0.05, 0.1) is 0 Å². The lowest BCUT2D eigenvalue weighted by Gasteiger charge is -2.07. The summed E-state index contributed by atoms with van der Waals surface area (Å²) in [5, 5.41) is 0. The van der Waals surface area contributed by atoms with E-state index in [1.54, 1.807) is 0 Å². The number of halogens is 2. The lowest BCUT2D eigenvalue weighted by molar-refractivity contribution is 1.60. The van der Waals surface area contributed by atoms with Crippen molar-refractivity contribution >= 4 is 36.2 Å². The van der Waals surface area contributed by atoms with Crippen LogP contribution in [0, 0.1) is 0 Å². The Morgan fingerprint density at radius 3 is 1.19 bits per heavy atom. The van der Waals surface area contributed by atoms with Crippen molar-refractivity contribution in [2.45, 2.75) is 0 Å². The van der Waals surface area contributed by atoms with Crippen LogP contribution >= 0.6 is 24.8 Å². The van der Waals surface area contributed by atoms with Gasteiger partial charge in [-0.1, -0.05) is 36.4 Å². The Balaban J connectivity index is 0.00000112. The zero-order valence-electron chi connectivity index (χ0n) is 8.59. The number of benzene rings is 2. The highest BCUT2D eigenvalue weighted by atomic mass is 35.5. The smallest absolute Gasteiger partial charge is 0.0394 e. The highest BCUT2D eigenvalue weighted by Gasteiger charge is 2.03. The normalized spacial score (nSPS) is 8.75. The van der Waals surface area contributed by atoms with Gasteiger partial charge in [-0.2, -0.15) is 0 Å². The van der Waals surface area contributed by atoms with Gasteiger partial charge in [-0.05, 0) is 12.1 Å². The monoisotopic (exact) mass is 256 g/mol. The third-order valence-electron chi connectivity index (χ3n) is 2.21. The van der Waals surface area contributed by atoms with E-state index in [9.17, 15) is 0 Å². The number of nitrogen functional groups attached to an aromatic ring is 2. The van der Waals surface area contributed by atoms with Gasteiger partial charge in [0.1, 0.15) is 0 Å². The molecule has 4 N–H and O–H groups in total. The van der Waals surface area contributed by atoms with E-state index in [0.717, 1.165) is 22.5 Å². The minimum absolute atomic E-state index is 0. The van der Waals surface area contributed by atoms with Crippen molar-refractivity contribution in [2.24, 2.45) is 0 Å². The molecule has 0 heterocycles. The van der Waals surface area contributed by atoms with Gasteiger partial charge in [-0.25, -0.2) is 0 Å². The summed E-state index contributed by atoms with van der Waals surface area (Å²) in [6, 6.07) is 15.4. The molecule has 4 heteroatoms. The highest BCUT2D eigenvalue weighted by molar-refractivity contribution is 5.85. The van der Waals surface area contributed by atoms with Crippen LogP contribution in [0.2, 0.25) is 0 Å². The second kappa shape index (κ2) is 6.26. The van der Waals surface area contributed by atoms with Crippen LogP contribution in [0.3, 0.4) is 0 Å². The molecule has 0 saturated heterocycles. The third-order valence-corrected chi connectivity index (χ3v) is 2.21. The van der Waals surface area contributed by atoms with Crippen molar-refractivity contribution in [1.29, 1.82) is 0 Å². The van der Waals surface area contributed by atoms with Crippen molar-refractivity contribution in [1.82, 2.24) is 0 Å². The average molecular weight is 257 g/mol. The van der Waals surface area contributed by atoms with Crippen molar-refractivity contribution in [3.63, 3.8) is 0 Å². The first-order valence-corrected chi connectivity index (χ1v) is 4.48. The first-order valence-electron chi connectivity index (χ1n) is 4.48. The van der Waals surface area contributed by atoms with Gasteiger partial charge >= 0.3 is 0 Å². The fourth-order valence-corrected chi connectivity index (χ4v) is 1.48. The molecule has 0 aliphatic carbocycles. The molecule has 86 valence electrons. The van der Waals surface area contributed by atoms with E-state index in [2.05, 4.69) is 0 Å². The lowest BCUT2D eigenvalue weighted by Crippen LogP contribution is -1.93. The third kappa shape index (κ3) is 2.81. The van der Waals surface area contributed by atoms with Crippen LogP contribution in [0.1, 0.15) is 0 Å². The highest BCUT2D eigenvalue weighted by Crippen LogP contribution is 2.29. The van der Waals surface area contributed by atoms with Gasteiger partial charge in [-0.3, -0.25) is 0 Å². The molecule has 16 heavy (non-hydrogen) atoms. The van der Waals surface area contributed by atoms with Crippen molar-refractivity contribution in [2.75, 3.05) is 11.5 Å². The average Bonchev–Trinajstić information content (AvgIpc) is 2.20. The van der Waals surface area contributed by atoms with Gasteiger partial charge < -0.3 is 11.5 Å². The molecular formula is C12H14Cl2N2. The summed E-state index contributed by atoms with van der Waals surface area (Å²) in [7, 11) is 0. The molecule has 0 saturated carbocycles. The van der Waals surface area contributed by atoms with E-state index < -0.39 is 0 Å². The van der Waals surface area contributed by atoms with Crippen LogP contribution in [0.15, 0.2) is 48.5 Å². The van der Waals surface area contributed by atoms with Gasteiger partial charge in [0, 0.05) is 22.5 Å². The fourth-order valence-electron chi connectivity index (χ4n) is 1.48. The Morgan fingerprint density at radius 2 is 0.875 bits per heavy atom. The topological polar surface area (TPSA) is 52.0 Å². The first kappa shape index (κ1) is 14.6. The van der Waals surface area contributed by atoms with E-state index in [4.69, 9.17) is 11.5 Å². The Hall–Kier alpha value is -1.38. The number of anilines is 2. The summed E-state index contributed by atoms with van der Waals surface area (Å²) >= 11 is 0. The zero-order chi connectivity index (χ0) is 9.97. The van der Waals surface area contributed by atoms with Crippen LogP contribution in [0.4, 0.5) is 11.4 Å². The fraction of sp³-hybridized carbons (Fsp3) is 0. The van der Waals surface area contributed by atoms with E-state index in [-0.39, 0.29) is 24.8 Å². The van der Waals surface area contributed by atoms with Crippen molar-refractivity contribution in [3.05, 3.63) is 48.5 Å². The second-order valence-electron chi connectivity index (χ2n) is 3.17. The Labute approximate surface area is 107 Å². The quantitative estimate of drug-likeness (QED) is 0.769. The van der Waals surface area contributed by atoms with E-state index in [0.29, 0.717) is 0 Å². The minimum Gasteiger partial charge on any atom is -0.398 e. The maximum atomic E-state index is 5.87. The summed E-state index contributed by atoms with van der Waals surface area (Å²) in [5.74, 6) is 0. The van der Waals surface area contributed by atoms with E-state index in [1.807, 2.05) is 48.5 Å². The van der Waals surface area contributed by atoms with Crippen LogP contribution in [0.25, 0.3) is 11.1 Å². The van der Waals surface area contributed by atoms with E-state index >= 15 is 0 Å². The number of hydrogen-bond donors (Lipinski definition) is 2. The molecule has 0 aliphatic heterocycles. The molecule has 0 amide bonds. The van der Waals surface area contributed by atoms with E-state index in [1.165, 1.54) is 0 Å². The number of nitrogens with two attached hydrogens (primary N) is 2. The van der Waals surface area contributed by atoms with Crippen LogP contribution in [-0.4, -0.2) is 0 Å². The lowest BCUT2D eigenvalue weighted by atomic mass is 10.0. The predicted molar refractivity (Wildman–Crippen MR) is 75.2 cm³/mol. The van der Waals surface area contributed by atoms with Gasteiger partial charge in [-0.15, -0.1) is 24.8 Å². The molecule has 0 unspecified atom stereocenters. The SMILES string of the molecule is Cl.Cl.Nc1ccccc1-c1ccccc1N. The molecule has 0 atom stereocenters. The molecule has 0 aliphatic rings. The summed E-state index contributed by atoms with van der Waals surface area (Å²) < 4.78 is 0. The Morgan fingerprint density at radius 1 is 0.562 bits per heavy atom. The molecule has 2 rings (SSSR count). The van der Waals surface area contributed by atoms with Crippen molar-refractivity contribution < 1.29 is 0 Å². The molecular weight excluding hydrogens is 243 g/mol. The van der Waals surface area contributed by atoms with Gasteiger partial charge in [0.2, 0.25) is 0 Å². The summed E-state index contributed by atoms with van der Waals surface area (Å²) in [6.07, 6.45) is 0. The summed E-state index contributed by atoms with van der Waals surface area (Å²) in [5.41, 5.74) is 15.2. The maximum Gasteiger partial charge on any atom is 0.0394 e. The number of hydrogen-bond acceptors (Lipinski definition) is 2. The number of rotatable bonds is 1. The minimum atomic E-state index is 0. The largest absolute Gasteiger partial charge is 0.398 e. The van der Waals surface area contributed by atoms with Crippen LogP contribution in [-0.2, 0) is 0 Å². The maximum absolute atomic E-state index is 5.87.